The summed E-state index contributed by atoms with van der Waals surface area (Å²) in [6.07, 6.45) is -4.61. The Morgan fingerprint density at radius 3 is 2.47 bits per heavy atom. The van der Waals surface area contributed by atoms with E-state index >= 15 is 0 Å². The molecule has 7 nitrogen and oxygen atoms in total. The van der Waals surface area contributed by atoms with Gasteiger partial charge in [0.05, 0.1) is 17.3 Å². The van der Waals surface area contributed by atoms with E-state index in [9.17, 15) is 22.8 Å². The Morgan fingerprint density at radius 2 is 1.78 bits per heavy atom. The number of fused-ring (bicyclic) bond motifs is 1. The van der Waals surface area contributed by atoms with Crippen molar-refractivity contribution in [3.63, 3.8) is 0 Å². The molecule has 1 unspecified atom stereocenters. The number of rotatable bonds is 6. The summed E-state index contributed by atoms with van der Waals surface area (Å²) in [5.41, 5.74) is -0.526. The van der Waals surface area contributed by atoms with E-state index in [4.69, 9.17) is 9.47 Å². The van der Waals surface area contributed by atoms with Crippen LogP contribution in [0.25, 0.3) is 0 Å². The average molecular weight is 451 g/mol. The van der Waals surface area contributed by atoms with Crippen LogP contribution in [0.15, 0.2) is 42.5 Å². The smallest absolute Gasteiger partial charge is 0.418 e. The molecule has 3 rings (SSSR count). The van der Waals surface area contributed by atoms with E-state index in [0.717, 1.165) is 11.6 Å². The number of benzene rings is 2. The normalized spacial score (nSPS) is 13.8. The maximum absolute atomic E-state index is 13.1. The number of halogens is 3. The van der Waals surface area contributed by atoms with Crippen LogP contribution in [-0.4, -0.2) is 43.1 Å². The molecule has 3 amide bonds. The van der Waals surface area contributed by atoms with Gasteiger partial charge in [-0.05, 0) is 43.7 Å². The Hall–Kier alpha value is -3.43. The van der Waals surface area contributed by atoms with Crippen molar-refractivity contribution >= 4 is 17.6 Å². The zero-order valence-electron chi connectivity index (χ0n) is 17.7. The van der Waals surface area contributed by atoms with E-state index in [2.05, 4.69) is 10.6 Å². The lowest BCUT2D eigenvalue weighted by atomic mass is 10.1. The second-order valence-corrected chi connectivity index (χ2v) is 7.18. The minimum absolute atomic E-state index is 0.189. The molecule has 0 fully saturated rings. The van der Waals surface area contributed by atoms with E-state index in [0.29, 0.717) is 24.7 Å². The Labute approximate surface area is 183 Å². The van der Waals surface area contributed by atoms with Crippen molar-refractivity contribution in [3.8, 4) is 11.5 Å². The second kappa shape index (κ2) is 9.80. The fraction of sp³-hybridized carbons (Fsp3) is 0.364. The van der Waals surface area contributed by atoms with Crippen molar-refractivity contribution < 1.29 is 32.2 Å². The number of carbonyl (C=O) groups is 2. The standard InChI is InChI=1S/C22H24F3N3O4/c1-3-28(13-20(29)27-17-7-5-4-6-16(17)22(23,24)25)21(30)26-14(2)15-8-9-18-19(12-15)32-11-10-31-18/h4-9,12,14H,3,10-11,13H2,1-2H3,(H,26,30)(H,27,29). The van der Waals surface area contributed by atoms with Gasteiger partial charge in [0.25, 0.3) is 0 Å². The molecule has 2 N–H and O–H groups in total. The summed E-state index contributed by atoms with van der Waals surface area (Å²) in [5.74, 6) is 0.486. The van der Waals surface area contributed by atoms with Gasteiger partial charge >= 0.3 is 12.2 Å². The van der Waals surface area contributed by atoms with Crippen LogP contribution in [0.2, 0.25) is 0 Å². The average Bonchev–Trinajstić information content (AvgIpc) is 2.76. The first-order valence-corrected chi connectivity index (χ1v) is 10.1. The molecular weight excluding hydrogens is 427 g/mol. The summed E-state index contributed by atoms with van der Waals surface area (Å²) in [6, 6.07) is 9.10. The third-order valence-corrected chi connectivity index (χ3v) is 4.92. The summed E-state index contributed by atoms with van der Waals surface area (Å²) in [5, 5.41) is 5.03. The predicted octanol–water partition coefficient (Wildman–Crippen LogP) is 4.21. The topological polar surface area (TPSA) is 79.9 Å². The SMILES string of the molecule is CCN(CC(=O)Nc1ccccc1C(F)(F)F)C(=O)NC(C)c1ccc2c(c1)OCCO2. The van der Waals surface area contributed by atoms with Gasteiger partial charge < -0.3 is 25.0 Å². The monoisotopic (exact) mass is 451 g/mol. The summed E-state index contributed by atoms with van der Waals surface area (Å²) in [7, 11) is 0. The molecule has 1 aliphatic rings. The van der Waals surface area contributed by atoms with E-state index in [1.54, 1.807) is 32.0 Å². The van der Waals surface area contributed by atoms with Gasteiger partial charge in [-0.3, -0.25) is 4.79 Å². The molecule has 0 aliphatic carbocycles. The minimum atomic E-state index is -4.61. The molecule has 1 atom stereocenters. The van der Waals surface area contributed by atoms with Gasteiger partial charge in [0, 0.05) is 6.54 Å². The van der Waals surface area contributed by atoms with Crippen LogP contribution >= 0.6 is 0 Å². The van der Waals surface area contributed by atoms with Gasteiger partial charge in [0.15, 0.2) is 11.5 Å². The predicted molar refractivity (Wildman–Crippen MR) is 112 cm³/mol. The summed E-state index contributed by atoms with van der Waals surface area (Å²) < 4.78 is 50.4. The molecule has 1 aliphatic heterocycles. The molecule has 0 bridgehead atoms. The molecule has 10 heteroatoms. The number of nitrogens with zero attached hydrogens (tertiary/aromatic N) is 1. The van der Waals surface area contributed by atoms with Gasteiger partial charge in [0.1, 0.15) is 19.8 Å². The van der Waals surface area contributed by atoms with Crippen molar-refractivity contribution in [2.24, 2.45) is 0 Å². The van der Waals surface area contributed by atoms with Crippen LogP contribution in [0.5, 0.6) is 11.5 Å². The van der Waals surface area contributed by atoms with E-state index in [-0.39, 0.29) is 12.2 Å². The van der Waals surface area contributed by atoms with E-state index in [1.807, 2.05) is 0 Å². The van der Waals surface area contributed by atoms with Gasteiger partial charge in [-0.2, -0.15) is 13.2 Å². The van der Waals surface area contributed by atoms with Crippen LogP contribution in [0.3, 0.4) is 0 Å². The third-order valence-electron chi connectivity index (χ3n) is 4.92. The highest BCUT2D eigenvalue weighted by Crippen LogP contribution is 2.35. The van der Waals surface area contributed by atoms with Crippen LogP contribution in [0, 0.1) is 0 Å². The van der Waals surface area contributed by atoms with Crippen molar-refractivity contribution in [2.45, 2.75) is 26.1 Å². The largest absolute Gasteiger partial charge is 0.486 e. The molecule has 2 aromatic rings. The van der Waals surface area contributed by atoms with Crippen LogP contribution < -0.4 is 20.1 Å². The lowest BCUT2D eigenvalue weighted by Crippen LogP contribution is -2.44. The van der Waals surface area contributed by atoms with Gasteiger partial charge in [-0.15, -0.1) is 0 Å². The Morgan fingerprint density at radius 1 is 1.09 bits per heavy atom. The first kappa shape index (κ1) is 23.2. The zero-order chi connectivity index (χ0) is 23.3. The molecule has 0 saturated heterocycles. The summed E-state index contributed by atoms with van der Waals surface area (Å²) >= 11 is 0. The van der Waals surface area contributed by atoms with E-state index < -0.39 is 36.3 Å². The van der Waals surface area contributed by atoms with Gasteiger partial charge in [0.2, 0.25) is 5.91 Å². The number of amides is 3. The Kier molecular flexibility index (Phi) is 7.12. The van der Waals surface area contributed by atoms with Crippen LogP contribution in [0.4, 0.5) is 23.7 Å². The lowest BCUT2D eigenvalue weighted by molar-refractivity contribution is -0.137. The maximum atomic E-state index is 13.1. The minimum Gasteiger partial charge on any atom is -0.486 e. The first-order chi connectivity index (χ1) is 15.2. The van der Waals surface area contributed by atoms with Crippen LogP contribution in [-0.2, 0) is 11.0 Å². The van der Waals surface area contributed by atoms with Crippen molar-refractivity contribution in [1.82, 2.24) is 10.2 Å². The summed E-state index contributed by atoms with van der Waals surface area (Å²) in [4.78, 5) is 26.2. The fourth-order valence-electron chi connectivity index (χ4n) is 3.22. The van der Waals surface area contributed by atoms with Gasteiger partial charge in [-0.1, -0.05) is 18.2 Å². The highest BCUT2D eigenvalue weighted by molar-refractivity contribution is 5.95. The number of nitrogens with one attached hydrogen (secondary N) is 2. The Bertz CT molecular complexity index is 981. The van der Waals surface area contributed by atoms with Crippen molar-refractivity contribution in [1.29, 1.82) is 0 Å². The molecule has 2 aromatic carbocycles. The molecule has 0 spiro atoms. The molecule has 1 heterocycles. The first-order valence-electron chi connectivity index (χ1n) is 10.1. The van der Waals surface area contributed by atoms with Crippen molar-refractivity contribution in [3.05, 3.63) is 53.6 Å². The molecule has 172 valence electrons. The molecule has 0 radical (unpaired) electrons. The number of para-hydroxylation sites is 1. The van der Waals surface area contributed by atoms with Crippen LogP contribution in [0.1, 0.15) is 31.0 Å². The Balaban J connectivity index is 1.62. The molecule has 0 saturated carbocycles. The number of hydrogen-bond acceptors (Lipinski definition) is 4. The second-order valence-electron chi connectivity index (χ2n) is 7.18. The van der Waals surface area contributed by atoms with E-state index in [1.165, 1.54) is 23.1 Å². The van der Waals surface area contributed by atoms with Gasteiger partial charge in [-0.25, -0.2) is 4.79 Å². The highest BCUT2D eigenvalue weighted by atomic mass is 19.4. The fourth-order valence-corrected chi connectivity index (χ4v) is 3.22. The quantitative estimate of drug-likeness (QED) is 0.690. The number of likely N-dealkylation sites (N-methyl/N-ethyl adjacent to an activating group) is 1. The number of anilines is 1. The third kappa shape index (κ3) is 5.63. The number of alkyl halides is 3. The maximum Gasteiger partial charge on any atom is 0.418 e. The number of hydrogen-bond donors (Lipinski definition) is 2. The zero-order valence-corrected chi connectivity index (χ0v) is 17.7. The van der Waals surface area contributed by atoms with Crippen molar-refractivity contribution in [2.75, 3.05) is 31.6 Å². The number of ether oxygens (including phenoxy) is 2. The molecule has 32 heavy (non-hydrogen) atoms. The molecule has 0 aromatic heterocycles. The highest BCUT2D eigenvalue weighted by Gasteiger charge is 2.33. The number of carbonyl (C=O) groups excluding carboxylic acids is 2. The summed E-state index contributed by atoms with van der Waals surface area (Å²) in [6.45, 7) is 4.14. The molecular formula is C22H24F3N3O4. The number of urea groups is 1. The lowest BCUT2D eigenvalue weighted by Gasteiger charge is -2.25.